The molecule has 0 aliphatic rings. The van der Waals surface area contributed by atoms with E-state index in [1.54, 1.807) is 6.92 Å². The van der Waals surface area contributed by atoms with E-state index in [9.17, 15) is 5.11 Å². The third-order valence-electron chi connectivity index (χ3n) is 2.32. The van der Waals surface area contributed by atoms with E-state index < -0.39 is 6.10 Å². The third-order valence-corrected chi connectivity index (χ3v) is 2.32. The Kier molecular flexibility index (Phi) is 3.46. The highest BCUT2D eigenvalue weighted by Crippen LogP contribution is 2.19. The van der Waals surface area contributed by atoms with Gasteiger partial charge in [0.05, 0.1) is 6.10 Å². The lowest BCUT2D eigenvalue weighted by molar-refractivity contribution is 0.199. The molecule has 0 bridgehead atoms. The monoisotopic (exact) mass is 179 g/mol. The van der Waals surface area contributed by atoms with Crippen molar-refractivity contribution in [2.75, 3.05) is 6.54 Å². The van der Waals surface area contributed by atoms with Gasteiger partial charge in [-0.05, 0) is 30.5 Å². The highest BCUT2D eigenvalue weighted by molar-refractivity contribution is 5.27. The van der Waals surface area contributed by atoms with Crippen molar-refractivity contribution in [3.8, 4) is 0 Å². The first-order valence-corrected chi connectivity index (χ1v) is 4.63. The summed E-state index contributed by atoms with van der Waals surface area (Å²) < 4.78 is 0. The summed E-state index contributed by atoms with van der Waals surface area (Å²) >= 11 is 0. The maximum absolute atomic E-state index is 9.37. The van der Waals surface area contributed by atoms with Crippen molar-refractivity contribution >= 4 is 0 Å². The Balaban J connectivity index is 2.91. The summed E-state index contributed by atoms with van der Waals surface area (Å²) in [7, 11) is 0. The minimum atomic E-state index is -0.398. The fourth-order valence-electron chi connectivity index (χ4n) is 1.26. The second-order valence-electron chi connectivity index (χ2n) is 3.48. The van der Waals surface area contributed by atoms with Crippen LogP contribution in [0.15, 0.2) is 24.3 Å². The van der Waals surface area contributed by atoms with Gasteiger partial charge in [0.25, 0.3) is 0 Å². The summed E-state index contributed by atoms with van der Waals surface area (Å²) in [4.78, 5) is 0. The number of aliphatic hydroxyl groups is 1. The normalized spacial score (nSPS) is 15.4. The van der Waals surface area contributed by atoms with Crippen molar-refractivity contribution in [1.82, 2.24) is 0 Å². The van der Waals surface area contributed by atoms with Gasteiger partial charge in [0.1, 0.15) is 0 Å². The molecule has 1 aromatic rings. The zero-order valence-corrected chi connectivity index (χ0v) is 8.20. The molecule has 2 nitrogen and oxygen atoms in total. The molecule has 1 aromatic carbocycles. The highest BCUT2D eigenvalue weighted by atomic mass is 16.3. The van der Waals surface area contributed by atoms with Gasteiger partial charge in [-0.2, -0.15) is 0 Å². The summed E-state index contributed by atoms with van der Waals surface area (Å²) in [6.45, 7) is 4.50. The van der Waals surface area contributed by atoms with Crippen LogP contribution in [-0.4, -0.2) is 11.7 Å². The fraction of sp³-hybridized carbons (Fsp3) is 0.455. The number of hydrogen-bond acceptors (Lipinski definition) is 2. The summed E-state index contributed by atoms with van der Waals surface area (Å²) in [5.41, 5.74) is 7.72. The molecule has 0 saturated carbocycles. The molecule has 0 fully saturated rings. The van der Waals surface area contributed by atoms with Gasteiger partial charge in [-0.1, -0.05) is 31.2 Å². The van der Waals surface area contributed by atoms with Crippen LogP contribution in [0.3, 0.4) is 0 Å². The molecule has 0 aliphatic heterocycles. The lowest BCUT2D eigenvalue weighted by Gasteiger charge is -2.11. The number of hydrogen-bond donors (Lipinski definition) is 2. The van der Waals surface area contributed by atoms with Crippen molar-refractivity contribution in [1.29, 1.82) is 0 Å². The highest BCUT2D eigenvalue weighted by Gasteiger charge is 2.05. The molecule has 0 aromatic heterocycles. The van der Waals surface area contributed by atoms with E-state index in [2.05, 4.69) is 6.92 Å². The van der Waals surface area contributed by atoms with Gasteiger partial charge < -0.3 is 10.8 Å². The molecule has 13 heavy (non-hydrogen) atoms. The molecule has 72 valence electrons. The van der Waals surface area contributed by atoms with Gasteiger partial charge >= 0.3 is 0 Å². The van der Waals surface area contributed by atoms with E-state index in [4.69, 9.17) is 5.73 Å². The number of nitrogens with two attached hydrogens (primary N) is 1. The summed E-state index contributed by atoms with van der Waals surface area (Å²) in [5, 5.41) is 9.37. The zero-order chi connectivity index (χ0) is 9.84. The van der Waals surface area contributed by atoms with E-state index in [1.807, 2.05) is 24.3 Å². The SMILES string of the molecule is CC(O)c1cccc(C(C)CN)c1. The minimum Gasteiger partial charge on any atom is -0.389 e. The van der Waals surface area contributed by atoms with E-state index in [0.717, 1.165) is 5.56 Å². The Morgan fingerprint density at radius 1 is 1.31 bits per heavy atom. The smallest absolute Gasteiger partial charge is 0.0762 e. The molecule has 2 atom stereocenters. The van der Waals surface area contributed by atoms with Gasteiger partial charge in [-0.3, -0.25) is 0 Å². The zero-order valence-electron chi connectivity index (χ0n) is 8.20. The lowest BCUT2D eigenvalue weighted by atomic mass is 9.98. The van der Waals surface area contributed by atoms with Gasteiger partial charge in [-0.15, -0.1) is 0 Å². The maximum Gasteiger partial charge on any atom is 0.0762 e. The average molecular weight is 179 g/mol. The molecule has 0 heterocycles. The Bertz CT molecular complexity index is 271. The average Bonchev–Trinajstić information content (AvgIpc) is 2.17. The molecular weight excluding hydrogens is 162 g/mol. The van der Waals surface area contributed by atoms with Crippen LogP contribution in [0.2, 0.25) is 0 Å². The van der Waals surface area contributed by atoms with E-state index in [1.165, 1.54) is 5.56 Å². The number of benzene rings is 1. The minimum absolute atomic E-state index is 0.360. The van der Waals surface area contributed by atoms with Gasteiger partial charge in [0, 0.05) is 0 Å². The second-order valence-corrected chi connectivity index (χ2v) is 3.48. The van der Waals surface area contributed by atoms with Gasteiger partial charge in [0.15, 0.2) is 0 Å². The maximum atomic E-state index is 9.37. The largest absolute Gasteiger partial charge is 0.389 e. The van der Waals surface area contributed by atoms with Crippen LogP contribution in [0.1, 0.15) is 37.0 Å². The Labute approximate surface area is 79.4 Å². The number of aliphatic hydroxyl groups excluding tert-OH is 1. The standard InChI is InChI=1S/C11H17NO/c1-8(7-12)10-4-3-5-11(6-10)9(2)13/h3-6,8-9,13H,7,12H2,1-2H3. The first-order chi connectivity index (χ1) is 6.15. The van der Waals surface area contributed by atoms with Crippen LogP contribution in [0.25, 0.3) is 0 Å². The molecule has 0 saturated heterocycles. The molecule has 3 N–H and O–H groups in total. The van der Waals surface area contributed by atoms with Crippen LogP contribution < -0.4 is 5.73 Å². The predicted octanol–water partition coefficient (Wildman–Crippen LogP) is 1.80. The summed E-state index contributed by atoms with van der Waals surface area (Å²) in [6, 6.07) is 7.95. The molecule has 2 unspecified atom stereocenters. The molecule has 0 aliphatic carbocycles. The van der Waals surface area contributed by atoms with Gasteiger partial charge in [-0.25, -0.2) is 0 Å². The number of rotatable bonds is 3. The Morgan fingerprint density at radius 2 is 1.92 bits per heavy atom. The molecule has 0 radical (unpaired) electrons. The van der Waals surface area contributed by atoms with E-state index in [0.29, 0.717) is 12.5 Å². The van der Waals surface area contributed by atoms with Crippen LogP contribution >= 0.6 is 0 Å². The second kappa shape index (κ2) is 4.40. The first-order valence-electron chi connectivity index (χ1n) is 4.63. The molecule has 1 rings (SSSR count). The van der Waals surface area contributed by atoms with Crippen LogP contribution in [0.4, 0.5) is 0 Å². The Hall–Kier alpha value is -0.860. The predicted molar refractivity (Wildman–Crippen MR) is 54.5 cm³/mol. The van der Waals surface area contributed by atoms with E-state index in [-0.39, 0.29) is 0 Å². The van der Waals surface area contributed by atoms with Gasteiger partial charge in [0.2, 0.25) is 0 Å². The van der Waals surface area contributed by atoms with Crippen molar-refractivity contribution in [2.24, 2.45) is 5.73 Å². The van der Waals surface area contributed by atoms with Crippen LogP contribution in [-0.2, 0) is 0 Å². The quantitative estimate of drug-likeness (QED) is 0.743. The summed E-state index contributed by atoms with van der Waals surface area (Å²) in [6.07, 6.45) is -0.398. The molecule has 0 amide bonds. The third kappa shape index (κ3) is 2.54. The Morgan fingerprint density at radius 3 is 2.46 bits per heavy atom. The van der Waals surface area contributed by atoms with E-state index >= 15 is 0 Å². The van der Waals surface area contributed by atoms with Crippen LogP contribution in [0.5, 0.6) is 0 Å². The first kappa shape index (κ1) is 10.2. The van der Waals surface area contributed by atoms with Crippen molar-refractivity contribution < 1.29 is 5.11 Å². The molecular formula is C11H17NO. The summed E-state index contributed by atoms with van der Waals surface area (Å²) in [5.74, 6) is 0.360. The van der Waals surface area contributed by atoms with Crippen molar-refractivity contribution in [2.45, 2.75) is 25.9 Å². The van der Waals surface area contributed by atoms with Crippen LogP contribution in [0, 0.1) is 0 Å². The van der Waals surface area contributed by atoms with Crippen molar-refractivity contribution in [3.05, 3.63) is 35.4 Å². The molecule has 2 heteroatoms. The lowest BCUT2D eigenvalue weighted by Crippen LogP contribution is -2.09. The molecule has 0 spiro atoms. The topological polar surface area (TPSA) is 46.2 Å². The fourth-order valence-corrected chi connectivity index (χ4v) is 1.26. The van der Waals surface area contributed by atoms with Crippen molar-refractivity contribution in [3.63, 3.8) is 0 Å².